The van der Waals surface area contributed by atoms with Crippen LogP contribution in [0.3, 0.4) is 0 Å². The summed E-state index contributed by atoms with van der Waals surface area (Å²) in [5.74, 6) is 0.940. The van der Waals surface area contributed by atoms with E-state index in [2.05, 4.69) is 75.5 Å². The zero-order valence-corrected chi connectivity index (χ0v) is 16.9. The van der Waals surface area contributed by atoms with Crippen LogP contribution >= 0.6 is 11.8 Å². The second-order valence-electron chi connectivity index (χ2n) is 7.74. The SMILES string of the molecule is Cc1ccc(S[C@H](C)C(=O)N[C@@H]2CC(C)(C)Oc3cc(C)ccc32)cc1. The Morgan fingerprint density at radius 1 is 1.15 bits per heavy atom. The highest BCUT2D eigenvalue weighted by Gasteiger charge is 2.35. The standard InChI is InChI=1S/C22H27NO2S/c1-14-6-9-17(10-7-14)26-16(3)21(24)23-19-13-22(4,5)25-20-12-15(2)8-11-18(19)20/h6-12,16,19H,13H2,1-5H3,(H,23,24)/t16-,19-/m1/s1. The Labute approximate surface area is 160 Å². The van der Waals surface area contributed by atoms with Crippen LogP contribution in [0.15, 0.2) is 47.4 Å². The molecule has 2 aromatic rings. The van der Waals surface area contributed by atoms with E-state index in [1.54, 1.807) is 11.8 Å². The van der Waals surface area contributed by atoms with Gasteiger partial charge in [0.1, 0.15) is 11.4 Å². The number of thioether (sulfide) groups is 1. The minimum atomic E-state index is -0.300. The number of hydrogen-bond donors (Lipinski definition) is 1. The molecule has 1 aliphatic rings. The fourth-order valence-corrected chi connectivity index (χ4v) is 4.13. The van der Waals surface area contributed by atoms with Gasteiger partial charge in [0.2, 0.25) is 5.91 Å². The Morgan fingerprint density at radius 2 is 1.81 bits per heavy atom. The molecule has 1 aliphatic heterocycles. The average molecular weight is 370 g/mol. The van der Waals surface area contributed by atoms with Crippen molar-refractivity contribution in [2.45, 2.75) is 62.8 Å². The second-order valence-corrected chi connectivity index (χ2v) is 9.16. The van der Waals surface area contributed by atoms with Gasteiger partial charge in [0.25, 0.3) is 0 Å². The normalized spacial score (nSPS) is 19.2. The molecule has 1 amide bonds. The third-order valence-electron chi connectivity index (χ3n) is 4.65. The van der Waals surface area contributed by atoms with E-state index >= 15 is 0 Å². The predicted molar refractivity (Wildman–Crippen MR) is 108 cm³/mol. The fraction of sp³-hybridized carbons (Fsp3) is 0.409. The summed E-state index contributed by atoms with van der Waals surface area (Å²) >= 11 is 1.59. The molecule has 3 rings (SSSR count). The van der Waals surface area contributed by atoms with Gasteiger partial charge in [-0.2, -0.15) is 0 Å². The van der Waals surface area contributed by atoms with Crippen molar-refractivity contribution < 1.29 is 9.53 Å². The zero-order valence-electron chi connectivity index (χ0n) is 16.1. The van der Waals surface area contributed by atoms with Crippen LogP contribution in [0.1, 0.15) is 49.9 Å². The number of hydrogen-bond acceptors (Lipinski definition) is 3. The van der Waals surface area contributed by atoms with Gasteiger partial charge < -0.3 is 10.1 Å². The van der Waals surface area contributed by atoms with Crippen molar-refractivity contribution in [2.24, 2.45) is 0 Å². The summed E-state index contributed by atoms with van der Waals surface area (Å²) in [4.78, 5) is 13.9. The van der Waals surface area contributed by atoms with Gasteiger partial charge in [0, 0.05) is 16.9 Å². The fourth-order valence-electron chi connectivity index (χ4n) is 3.25. The van der Waals surface area contributed by atoms with Gasteiger partial charge in [-0.1, -0.05) is 29.8 Å². The van der Waals surface area contributed by atoms with E-state index in [1.165, 1.54) is 5.56 Å². The highest BCUT2D eigenvalue weighted by Crippen LogP contribution is 2.40. The quantitative estimate of drug-likeness (QED) is 0.753. The second kappa shape index (κ2) is 7.36. The Hall–Kier alpha value is -1.94. The molecule has 0 fully saturated rings. The zero-order chi connectivity index (χ0) is 18.9. The van der Waals surface area contributed by atoms with Crippen LogP contribution < -0.4 is 10.1 Å². The van der Waals surface area contributed by atoms with Crippen molar-refractivity contribution in [3.8, 4) is 5.75 Å². The lowest BCUT2D eigenvalue weighted by molar-refractivity contribution is -0.121. The number of aryl methyl sites for hydroxylation is 2. The molecule has 26 heavy (non-hydrogen) atoms. The van der Waals surface area contributed by atoms with Crippen LogP contribution in [0, 0.1) is 13.8 Å². The Bertz CT molecular complexity index is 798. The topological polar surface area (TPSA) is 38.3 Å². The molecule has 0 spiro atoms. The van der Waals surface area contributed by atoms with Gasteiger partial charge in [-0.15, -0.1) is 11.8 Å². The molecule has 0 saturated carbocycles. The number of ether oxygens (including phenoxy) is 1. The number of rotatable bonds is 4. The minimum absolute atomic E-state index is 0.0251. The summed E-state index contributed by atoms with van der Waals surface area (Å²) in [5.41, 5.74) is 3.15. The third-order valence-corrected chi connectivity index (χ3v) is 5.76. The molecule has 0 bridgehead atoms. The van der Waals surface area contributed by atoms with Crippen LogP contribution in [0.5, 0.6) is 5.75 Å². The smallest absolute Gasteiger partial charge is 0.233 e. The molecule has 3 nitrogen and oxygen atoms in total. The van der Waals surface area contributed by atoms with Crippen molar-refractivity contribution >= 4 is 17.7 Å². The van der Waals surface area contributed by atoms with Crippen LogP contribution in [-0.2, 0) is 4.79 Å². The molecular weight excluding hydrogens is 342 g/mol. The highest BCUT2D eigenvalue weighted by molar-refractivity contribution is 8.00. The first-order valence-electron chi connectivity index (χ1n) is 9.07. The van der Waals surface area contributed by atoms with Crippen molar-refractivity contribution in [3.05, 3.63) is 59.2 Å². The number of carbonyl (C=O) groups is 1. The largest absolute Gasteiger partial charge is 0.487 e. The monoisotopic (exact) mass is 369 g/mol. The Kier molecular flexibility index (Phi) is 5.33. The van der Waals surface area contributed by atoms with Crippen LogP contribution in [0.4, 0.5) is 0 Å². The number of benzene rings is 2. The number of nitrogens with one attached hydrogen (secondary N) is 1. The van der Waals surface area contributed by atoms with E-state index < -0.39 is 0 Å². The Balaban J connectivity index is 1.73. The third kappa shape index (κ3) is 4.42. The molecule has 0 aliphatic carbocycles. The van der Waals surface area contributed by atoms with Gasteiger partial charge in [0.15, 0.2) is 0 Å². The maximum absolute atomic E-state index is 12.8. The van der Waals surface area contributed by atoms with Crippen molar-refractivity contribution in [1.82, 2.24) is 5.32 Å². The summed E-state index contributed by atoms with van der Waals surface area (Å²) in [6.45, 7) is 10.2. The number of fused-ring (bicyclic) bond motifs is 1. The first-order chi connectivity index (χ1) is 12.2. The molecule has 0 saturated heterocycles. The highest BCUT2D eigenvalue weighted by atomic mass is 32.2. The van der Waals surface area contributed by atoms with Gasteiger partial charge in [-0.25, -0.2) is 0 Å². The lowest BCUT2D eigenvalue weighted by Gasteiger charge is -2.38. The van der Waals surface area contributed by atoms with E-state index in [0.29, 0.717) is 0 Å². The van der Waals surface area contributed by atoms with E-state index in [1.807, 2.05) is 6.92 Å². The van der Waals surface area contributed by atoms with Crippen molar-refractivity contribution in [3.63, 3.8) is 0 Å². The van der Waals surface area contributed by atoms with Gasteiger partial charge >= 0.3 is 0 Å². The van der Waals surface area contributed by atoms with E-state index in [-0.39, 0.29) is 22.8 Å². The summed E-state index contributed by atoms with van der Waals surface area (Å²) in [7, 11) is 0. The van der Waals surface area contributed by atoms with Crippen molar-refractivity contribution in [2.75, 3.05) is 0 Å². The molecule has 4 heteroatoms. The molecule has 1 heterocycles. The van der Waals surface area contributed by atoms with E-state index in [0.717, 1.165) is 28.2 Å². The van der Waals surface area contributed by atoms with Crippen LogP contribution in [-0.4, -0.2) is 16.8 Å². The van der Waals surface area contributed by atoms with Crippen LogP contribution in [0.25, 0.3) is 0 Å². The summed E-state index contributed by atoms with van der Waals surface area (Å²) in [6, 6.07) is 14.5. The van der Waals surface area contributed by atoms with Crippen molar-refractivity contribution in [1.29, 1.82) is 0 Å². The molecule has 0 aromatic heterocycles. The van der Waals surface area contributed by atoms with Crippen LogP contribution in [0.2, 0.25) is 0 Å². The molecule has 2 atom stereocenters. The average Bonchev–Trinajstić information content (AvgIpc) is 2.55. The predicted octanol–water partition coefficient (Wildman–Crippen LogP) is 5.20. The van der Waals surface area contributed by atoms with E-state index in [4.69, 9.17) is 4.74 Å². The molecule has 1 N–H and O–H groups in total. The first-order valence-corrected chi connectivity index (χ1v) is 9.95. The maximum atomic E-state index is 12.8. The lowest BCUT2D eigenvalue weighted by atomic mass is 9.89. The molecule has 138 valence electrons. The molecular formula is C22H27NO2S. The summed E-state index contributed by atoms with van der Waals surface area (Å²) in [5, 5.41) is 3.09. The van der Waals surface area contributed by atoms with Gasteiger partial charge in [-0.05, 0) is 58.4 Å². The molecule has 2 aromatic carbocycles. The molecule has 0 radical (unpaired) electrons. The number of amides is 1. The first kappa shape index (κ1) is 18.8. The minimum Gasteiger partial charge on any atom is -0.487 e. The molecule has 0 unspecified atom stereocenters. The Morgan fingerprint density at radius 3 is 2.50 bits per heavy atom. The van der Waals surface area contributed by atoms with Gasteiger partial charge in [0.05, 0.1) is 11.3 Å². The summed E-state index contributed by atoms with van der Waals surface area (Å²) in [6.07, 6.45) is 0.761. The van der Waals surface area contributed by atoms with E-state index in [9.17, 15) is 4.79 Å². The maximum Gasteiger partial charge on any atom is 0.233 e. The number of carbonyl (C=O) groups excluding carboxylic acids is 1. The summed E-state index contributed by atoms with van der Waals surface area (Å²) < 4.78 is 6.12. The van der Waals surface area contributed by atoms with Gasteiger partial charge in [-0.3, -0.25) is 4.79 Å². The lowest BCUT2D eigenvalue weighted by Crippen LogP contribution is -2.43.